The largest absolute Gasteiger partial charge is 0.347 e. The highest BCUT2D eigenvalue weighted by molar-refractivity contribution is 14.1. The Bertz CT molecular complexity index is 429. The van der Waals surface area contributed by atoms with Crippen molar-refractivity contribution in [3.05, 3.63) is 31.8 Å². The quantitative estimate of drug-likeness (QED) is 0.762. The van der Waals surface area contributed by atoms with Gasteiger partial charge < -0.3 is 5.32 Å². The zero-order chi connectivity index (χ0) is 11.8. The number of hydrogen-bond acceptors (Lipinski definition) is 1. The molecule has 1 fully saturated rings. The van der Waals surface area contributed by atoms with Crippen molar-refractivity contribution >= 4 is 44.4 Å². The van der Waals surface area contributed by atoms with Crippen molar-refractivity contribution in [2.75, 3.05) is 0 Å². The minimum Gasteiger partial charge on any atom is -0.347 e. The molecule has 0 atom stereocenters. The average Bonchev–Trinajstić information content (AvgIpc) is 2.19. The molecule has 1 amide bonds. The van der Waals surface area contributed by atoms with Gasteiger partial charge in [-0.3, -0.25) is 4.79 Å². The summed E-state index contributed by atoms with van der Waals surface area (Å²) in [5.41, 5.74) is 0.769. The first kappa shape index (κ1) is 12.4. The molecule has 1 aliphatic carbocycles. The summed E-state index contributed by atoms with van der Waals surface area (Å²) in [6.07, 6.45) is 3.39. The number of carbonyl (C=O) groups is 1. The molecule has 1 saturated carbocycles. The van der Waals surface area contributed by atoms with Crippen LogP contribution in [0.4, 0.5) is 0 Å². The van der Waals surface area contributed by atoms with Crippen LogP contribution in [0.3, 0.4) is 0 Å². The Hall–Kier alpha value is -0.100. The maximum absolute atomic E-state index is 12.1. The third-order valence-electron chi connectivity index (χ3n) is 3.05. The van der Waals surface area contributed by atoms with Gasteiger partial charge in [0.05, 0.1) is 5.56 Å². The van der Waals surface area contributed by atoms with Crippen LogP contribution in [0.5, 0.6) is 0 Å². The maximum atomic E-state index is 12.1. The first-order valence-electron chi connectivity index (χ1n) is 5.28. The first-order valence-corrected chi connectivity index (χ1v) is 7.15. The summed E-state index contributed by atoms with van der Waals surface area (Å²) in [4.78, 5) is 12.1. The van der Waals surface area contributed by atoms with E-state index in [9.17, 15) is 4.79 Å². The molecule has 1 N–H and O–H groups in total. The number of nitrogens with one attached hydrogen (secondary N) is 1. The van der Waals surface area contributed by atoms with E-state index in [0.29, 0.717) is 0 Å². The van der Waals surface area contributed by atoms with Crippen molar-refractivity contribution < 1.29 is 4.79 Å². The van der Waals surface area contributed by atoms with Gasteiger partial charge in [0.1, 0.15) is 0 Å². The summed E-state index contributed by atoms with van der Waals surface area (Å²) in [6.45, 7) is 2.11. The van der Waals surface area contributed by atoms with Crippen molar-refractivity contribution in [1.82, 2.24) is 5.32 Å². The number of rotatable bonds is 2. The number of carbonyl (C=O) groups excluding carboxylic acids is 1. The van der Waals surface area contributed by atoms with Crippen LogP contribution in [-0.4, -0.2) is 11.4 Å². The van der Waals surface area contributed by atoms with Crippen molar-refractivity contribution in [2.45, 2.75) is 31.7 Å². The van der Waals surface area contributed by atoms with Crippen molar-refractivity contribution in [2.24, 2.45) is 0 Å². The molecule has 1 aromatic rings. The Morgan fingerprint density at radius 1 is 1.50 bits per heavy atom. The Labute approximate surface area is 117 Å². The standard InChI is InChI=1S/C12H13BrINO/c1-12(5-2-6-12)15-11(16)9-7-8(13)3-4-10(9)14/h3-4,7H,2,5-6H2,1H3,(H,15,16). The molecule has 0 spiro atoms. The second-order valence-electron chi connectivity index (χ2n) is 4.49. The smallest absolute Gasteiger partial charge is 0.252 e. The van der Waals surface area contributed by atoms with Crippen LogP contribution >= 0.6 is 38.5 Å². The van der Waals surface area contributed by atoms with Crippen molar-refractivity contribution in [1.29, 1.82) is 0 Å². The second kappa shape index (κ2) is 4.64. The van der Waals surface area contributed by atoms with E-state index in [1.807, 2.05) is 18.2 Å². The highest BCUT2D eigenvalue weighted by atomic mass is 127. The molecule has 0 aliphatic heterocycles. The summed E-state index contributed by atoms with van der Waals surface area (Å²) in [5, 5.41) is 3.11. The molecule has 16 heavy (non-hydrogen) atoms. The lowest BCUT2D eigenvalue weighted by molar-refractivity contribution is 0.0849. The van der Waals surface area contributed by atoms with E-state index >= 15 is 0 Å². The number of halogens is 2. The van der Waals surface area contributed by atoms with Gasteiger partial charge in [-0.15, -0.1) is 0 Å². The number of hydrogen-bond donors (Lipinski definition) is 1. The Morgan fingerprint density at radius 3 is 2.75 bits per heavy atom. The number of benzene rings is 1. The molecule has 0 bridgehead atoms. The van der Waals surface area contributed by atoms with Crippen molar-refractivity contribution in [3.8, 4) is 0 Å². The zero-order valence-corrected chi connectivity index (χ0v) is 12.8. The van der Waals surface area contributed by atoms with Crippen LogP contribution in [0.1, 0.15) is 36.5 Å². The van der Waals surface area contributed by atoms with Crippen LogP contribution in [0, 0.1) is 3.57 Å². The maximum Gasteiger partial charge on any atom is 0.252 e. The summed E-state index contributed by atoms with van der Waals surface area (Å²) in [6, 6.07) is 5.77. The monoisotopic (exact) mass is 393 g/mol. The average molecular weight is 394 g/mol. The second-order valence-corrected chi connectivity index (χ2v) is 6.57. The molecule has 0 unspecified atom stereocenters. The molecule has 2 rings (SSSR count). The highest BCUT2D eigenvalue weighted by Gasteiger charge is 2.33. The van der Waals surface area contributed by atoms with E-state index in [-0.39, 0.29) is 11.4 Å². The molecule has 1 aliphatic rings. The topological polar surface area (TPSA) is 29.1 Å². The molecule has 0 saturated heterocycles. The van der Waals surface area contributed by atoms with E-state index in [4.69, 9.17) is 0 Å². The lowest BCUT2D eigenvalue weighted by Gasteiger charge is -2.39. The molecule has 2 nitrogen and oxygen atoms in total. The third kappa shape index (κ3) is 2.59. The van der Waals surface area contributed by atoms with E-state index < -0.39 is 0 Å². The Morgan fingerprint density at radius 2 is 2.19 bits per heavy atom. The SMILES string of the molecule is CC1(NC(=O)c2cc(Br)ccc2I)CCC1. The van der Waals surface area contributed by atoms with Crippen LogP contribution in [0.2, 0.25) is 0 Å². The molecule has 4 heteroatoms. The predicted octanol–water partition coefficient (Wildman–Crippen LogP) is 3.73. The third-order valence-corrected chi connectivity index (χ3v) is 4.48. The molecular formula is C12H13BrINO. The molecular weight excluding hydrogens is 381 g/mol. The molecule has 1 aromatic carbocycles. The molecule has 86 valence electrons. The molecule has 0 radical (unpaired) electrons. The summed E-state index contributed by atoms with van der Waals surface area (Å²) in [5.74, 6) is 0.0351. The lowest BCUT2D eigenvalue weighted by Crippen LogP contribution is -2.51. The fraction of sp³-hybridized carbons (Fsp3) is 0.417. The van der Waals surface area contributed by atoms with E-state index in [2.05, 4.69) is 50.8 Å². The summed E-state index contributed by atoms with van der Waals surface area (Å²) >= 11 is 5.58. The van der Waals surface area contributed by atoms with Crippen LogP contribution < -0.4 is 5.32 Å². The zero-order valence-electron chi connectivity index (χ0n) is 9.02. The van der Waals surface area contributed by atoms with E-state index in [0.717, 1.165) is 26.4 Å². The van der Waals surface area contributed by atoms with Gasteiger partial charge in [0.25, 0.3) is 5.91 Å². The lowest BCUT2D eigenvalue weighted by atomic mass is 9.78. The Balaban J connectivity index is 2.17. The molecule has 0 aromatic heterocycles. The minimum atomic E-state index is 0.0164. The van der Waals surface area contributed by atoms with Crippen LogP contribution in [0.25, 0.3) is 0 Å². The van der Waals surface area contributed by atoms with E-state index in [1.165, 1.54) is 6.42 Å². The predicted molar refractivity (Wildman–Crippen MR) is 76.6 cm³/mol. The van der Waals surface area contributed by atoms with Gasteiger partial charge in [0.2, 0.25) is 0 Å². The van der Waals surface area contributed by atoms with Gasteiger partial charge in [-0.05, 0) is 67.0 Å². The van der Waals surface area contributed by atoms with Gasteiger partial charge in [-0.2, -0.15) is 0 Å². The van der Waals surface area contributed by atoms with Gasteiger partial charge in [0.15, 0.2) is 0 Å². The van der Waals surface area contributed by atoms with Crippen LogP contribution in [0.15, 0.2) is 22.7 Å². The normalized spacial score (nSPS) is 17.7. The number of amides is 1. The van der Waals surface area contributed by atoms with Gasteiger partial charge >= 0.3 is 0 Å². The van der Waals surface area contributed by atoms with Gasteiger partial charge in [-0.25, -0.2) is 0 Å². The molecule has 0 heterocycles. The Kier molecular flexibility index (Phi) is 3.59. The van der Waals surface area contributed by atoms with Gasteiger partial charge in [0, 0.05) is 13.6 Å². The van der Waals surface area contributed by atoms with E-state index in [1.54, 1.807) is 0 Å². The highest BCUT2D eigenvalue weighted by Crippen LogP contribution is 2.31. The summed E-state index contributed by atoms with van der Waals surface area (Å²) < 4.78 is 1.93. The summed E-state index contributed by atoms with van der Waals surface area (Å²) in [7, 11) is 0. The van der Waals surface area contributed by atoms with Crippen LogP contribution in [-0.2, 0) is 0 Å². The minimum absolute atomic E-state index is 0.0164. The first-order chi connectivity index (χ1) is 7.50. The fourth-order valence-corrected chi connectivity index (χ4v) is 2.79. The fourth-order valence-electron chi connectivity index (χ4n) is 1.85. The van der Waals surface area contributed by atoms with Crippen molar-refractivity contribution in [3.63, 3.8) is 0 Å². The van der Waals surface area contributed by atoms with Gasteiger partial charge in [-0.1, -0.05) is 15.9 Å².